The second-order valence-corrected chi connectivity index (χ2v) is 7.34. The lowest BCUT2D eigenvalue weighted by atomic mass is 10.1. The molecule has 0 radical (unpaired) electrons. The number of nitrogens with zero attached hydrogens (tertiary/aromatic N) is 3. The van der Waals surface area contributed by atoms with Gasteiger partial charge in [0, 0.05) is 36.8 Å². The number of methoxy groups -OCH3 is 1. The van der Waals surface area contributed by atoms with Crippen LogP contribution in [0.25, 0.3) is 11.4 Å². The fourth-order valence-electron chi connectivity index (χ4n) is 3.35. The minimum absolute atomic E-state index is 0.121. The van der Waals surface area contributed by atoms with E-state index in [1.807, 2.05) is 24.3 Å². The first-order valence-electron chi connectivity index (χ1n) is 9.30. The third kappa shape index (κ3) is 3.99. The molecule has 1 aliphatic heterocycles. The summed E-state index contributed by atoms with van der Waals surface area (Å²) in [6.45, 7) is 1.99. The fourth-order valence-corrected chi connectivity index (χ4v) is 3.61. The van der Waals surface area contributed by atoms with Gasteiger partial charge in [-0.1, -0.05) is 28.9 Å². The van der Waals surface area contributed by atoms with Gasteiger partial charge in [-0.2, -0.15) is 4.98 Å². The van der Waals surface area contributed by atoms with Crippen LogP contribution in [-0.4, -0.2) is 35.6 Å². The molecule has 1 N–H and O–H groups in total. The number of anilines is 2. The van der Waals surface area contributed by atoms with E-state index in [2.05, 4.69) is 15.5 Å². The van der Waals surface area contributed by atoms with Gasteiger partial charge in [-0.15, -0.1) is 0 Å². The highest BCUT2D eigenvalue weighted by molar-refractivity contribution is 6.32. The molecule has 2 aromatic carbocycles. The molecule has 0 spiro atoms. The number of hydrogen-bond acceptors (Lipinski definition) is 6. The number of hydrogen-bond donors (Lipinski definition) is 1. The van der Waals surface area contributed by atoms with Crippen molar-refractivity contribution in [3.63, 3.8) is 0 Å². The summed E-state index contributed by atoms with van der Waals surface area (Å²) in [5.41, 5.74) is 1.96. The molecule has 1 aliphatic rings. The maximum Gasteiger partial charge on any atom is 0.229 e. The Kier molecular flexibility index (Phi) is 5.41. The lowest BCUT2D eigenvalue weighted by molar-refractivity contribution is -0.122. The molecular formula is C21H19ClN4O4. The van der Waals surface area contributed by atoms with Crippen LogP contribution in [0, 0.1) is 12.8 Å². The van der Waals surface area contributed by atoms with Gasteiger partial charge >= 0.3 is 0 Å². The van der Waals surface area contributed by atoms with Crippen molar-refractivity contribution >= 4 is 34.8 Å². The average molecular weight is 427 g/mol. The maximum atomic E-state index is 12.7. The maximum absolute atomic E-state index is 12.7. The van der Waals surface area contributed by atoms with Gasteiger partial charge in [0.1, 0.15) is 5.75 Å². The zero-order valence-electron chi connectivity index (χ0n) is 16.4. The van der Waals surface area contributed by atoms with E-state index in [-0.39, 0.29) is 24.8 Å². The van der Waals surface area contributed by atoms with E-state index >= 15 is 0 Å². The molecule has 30 heavy (non-hydrogen) atoms. The summed E-state index contributed by atoms with van der Waals surface area (Å²) in [7, 11) is 1.52. The highest BCUT2D eigenvalue weighted by atomic mass is 35.5. The Morgan fingerprint density at radius 1 is 1.30 bits per heavy atom. The predicted molar refractivity (Wildman–Crippen MR) is 112 cm³/mol. The van der Waals surface area contributed by atoms with Crippen molar-refractivity contribution in [2.24, 2.45) is 5.92 Å². The van der Waals surface area contributed by atoms with Crippen LogP contribution in [0.5, 0.6) is 5.75 Å². The molecule has 1 fully saturated rings. The van der Waals surface area contributed by atoms with E-state index in [0.717, 1.165) is 5.56 Å². The van der Waals surface area contributed by atoms with Crippen LogP contribution in [0.2, 0.25) is 5.02 Å². The Bertz CT molecular complexity index is 1110. The smallest absolute Gasteiger partial charge is 0.229 e. The van der Waals surface area contributed by atoms with E-state index in [4.69, 9.17) is 20.9 Å². The zero-order valence-corrected chi connectivity index (χ0v) is 17.1. The monoisotopic (exact) mass is 426 g/mol. The Morgan fingerprint density at radius 2 is 2.13 bits per heavy atom. The van der Waals surface area contributed by atoms with Gasteiger partial charge in [0.2, 0.25) is 23.5 Å². The molecule has 1 aromatic heterocycles. The highest BCUT2D eigenvalue weighted by Crippen LogP contribution is 2.30. The Hall–Kier alpha value is -3.39. The Balaban J connectivity index is 1.47. The first-order chi connectivity index (χ1) is 14.4. The van der Waals surface area contributed by atoms with Gasteiger partial charge in [-0.3, -0.25) is 9.59 Å². The van der Waals surface area contributed by atoms with Gasteiger partial charge in [-0.05, 0) is 30.3 Å². The Morgan fingerprint density at radius 3 is 2.83 bits per heavy atom. The molecule has 0 bridgehead atoms. The number of rotatable bonds is 5. The van der Waals surface area contributed by atoms with E-state index < -0.39 is 5.92 Å². The summed E-state index contributed by atoms with van der Waals surface area (Å²) in [5.74, 6) is 0.596. The molecule has 2 amide bonds. The lowest BCUT2D eigenvalue weighted by Gasteiger charge is -2.17. The van der Waals surface area contributed by atoms with Crippen LogP contribution in [0.4, 0.5) is 11.4 Å². The van der Waals surface area contributed by atoms with Gasteiger partial charge in [-0.25, -0.2) is 0 Å². The topological polar surface area (TPSA) is 97.6 Å². The molecule has 0 saturated carbocycles. The summed E-state index contributed by atoms with van der Waals surface area (Å²) in [6.07, 6.45) is 0.126. The van der Waals surface area contributed by atoms with Crippen molar-refractivity contribution in [1.82, 2.24) is 10.1 Å². The minimum Gasteiger partial charge on any atom is -0.495 e. The van der Waals surface area contributed by atoms with Crippen LogP contribution in [-0.2, 0) is 9.59 Å². The number of aromatic nitrogens is 2. The quantitative estimate of drug-likeness (QED) is 0.668. The SMILES string of the molecule is COc1ccc(NC(=O)[C@H]2CC(=O)N(c3cccc(-c4noc(C)n4)c3)C2)cc1Cl. The van der Waals surface area contributed by atoms with Crippen LogP contribution in [0.3, 0.4) is 0 Å². The number of halogens is 1. The largest absolute Gasteiger partial charge is 0.495 e. The average Bonchev–Trinajstić information content (AvgIpc) is 3.34. The summed E-state index contributed by atoms with van der Waals surface area (Å²) in [4.78, 5) is 31.1. The molecule has 0 unspecified atom stereocenters. The first-order valence-corrected chi connectivity index (χ1v) is 9.68. The van der Waals surface area contributed by atoms with Crippen LogP contribution < -0.4 is 15.0 Å². The summed E-state index contributed by atoms with van der Waals surface area (Å²) in [6, 6.07) is 12.3. The normalized spacial score (nSPS) is 16.0. The summed E-state index contributed by atoms with van der Waals surface area (Å²) < 4.78 is 10.1. The molecular weight excluding hydrogens is 408 g/mol. The van der Waals surface area contributed by atoms with Gasteiger partial charge < -0.3 is 19.5 Å². The molecule has 1 saturated heterocycles. The number of ether oxygens (including phenoxy) is 1. The van der Waals surface area contributed by atoms with Crippen molar-refractivity contribution in [3.8, 4) is 17.1 Å². The number of nitrogens with one attached hydrogen (secondary N) is 1. The second kappa shape index (κ2) is 8.16. The van der Waals surface area contributed by atoms with E-state index in [0.29, 0.717) is 33.9 Å². The van der Waals surface area contributed by atoms with Crippen LogP contribution in [0.1, 0.15) is 12.3 Å². The standard InChI is InChI=1S/C21H19ClN4O4/c1-12-23-20(25-30-12)13-4-3-5-16(8-13)26-11-14(9-19(26)27)21(28)24-15-6-7-18(29-2)17(22)10-15/h3-8,10,14H,9,11H2,1-2H3,(H,24,28)/t14-/m0/s1. The molecule has 3 aromatic rings. The predicted octanol–water partition coefficient (Wildman–Crippen LogP) is 3.70. The number of benzene rings is 2. The molecule has 8 nitrogen and oxygen atoms in total. The summed E-state index contributed by atoms with van der Waals surface area (Å²) >= 11 is 6.11. The summed E-state index contributed by atoms with van der Waals surface area (Å²) in [5, 5.41) is 7.12. The molecule has 154 valence electrons. The van der Waals surface area contributed by atoms with E-state index in [1.54, 1.807) is 30.0 Å². The van der Waals surface area contributed by atoms with Crippen molar-refractivity contribution in [2.75, 3.05) is 23.9 Å². The highest BCUT2D eigenvalue weighted by Gasteiger charge is 2.35. The lowest BCUT2D eigenvalue weighted by Crippen LogP contribution is -2.28. The molecule has 0 aliphatic carbocycles. The van der Waals surface area contributed by atoms with E-state index in [1.165, 1.54) is 7.11 Å². The van der Waals surface area contributed by atoms with Crippen LogP contribution in [0.15, 0.2) is 47.0 Å². The van der Waals surface area contributed by atoms with Gasteiger partial charge in [0.15, 0.2) is 0 Å². The van der Waals surface area contributed by atoms with Crippen molar-refractivity contribution in [3.05, 3.63) is 53.4 Å². The van der Waals surface area contributed by atoms with Crippen molar-refractivity contribution < 1.29 is 18.8 Å². The van der Waals surface area contributed by atoms with Gasteiger partial charge in [0.25, 0.3) is 0 Å². The Labute approximate surface area is 177 Å². The van der Waals surface area contributed by atoms with Crippen LogP contribution >= 0.6 is 11.6 Å². The first kappa shape index (κ1) is 19.9. The third-order valence-electron chi connectivity index (χ3n) is 4.86. The number of carbonyl (C=O) groups excluding carboxylic acids is 2. The molecule has 9 heteroatoms. The molecule has 2 heterocycles. The second-order valence-electron chi connectivity index (χ2n) is 6.93. The zero-order chi connectivity index (χ0) is 21.3. The number of aryl methyl sites for hydroxylation is 1. The fraction of sp³-hybridized carbons (Fsp3) is 0.238. The number of amides is 2. The van der Waals surface area contributed by atoms with Gasteiger partial charge in [0.05, 0.1) is 18.1 Å². The molecule has 1 atom stereocenters. The van der Waals surface area contributed by atoms with Crippen molar-refractivity contribution in [2.45, 2.75) is 13.3 Å². The van der Waals surface area contributed by atoms with E-state index in [9.17, 15) is 9.59 Å². The minimum atomic E-state index is -0.477. The molecule has 4 rings (SSSR count). The van der Waals surface area contributed by atoms with Crippen molar-refractivity contribution in [1.29, 1.82) is 0 Å². The number of carbonyl (C=O) groups is 2. The third-order valence-corrected chi connectivity index (χ3v) is 5.15.